The van der Waals surface area contributed by atoms with Crippen molar-refractivity contribution in [2.75, 3.05) is 26.4 Å². The van der Waals surface area contributed by atoms with Crippen molar-refractivity contribution < 1.29 is 13.2 Å². The number of amides is 1. The SMILES string of the molecule is CN(C)C(=S)SCCN1C(=O)c2ccccc2S1(=O)=O. The number of hydrogen-bond donors (Lipinski definition) is 0. The molecule has 1 aliphatic heterocycles. The number of nitrogens with zero attached hydrogens (tertiary/aromatic N) is 2. The molecule has 108 valence electrons. The molecule has 0 saturated carbocycles. The number of hydrogen-bond acceptors (Lipinski definition) is 5. The van der Waals surface area contributed by atoms with E-state index in [1.165, 1.54) is 23.9 Å². The third-order valence-corrected chi connectivity index (χ3v) is 6.36. The van der Waals surface area contributed by atoms with Crippen molar-refractivity contribution in [1.29, 1.82) is 0 Å². The van der Waals surface area contributed by atoms with Gasteiger partial charge in [0.05, 0.1) is 5.56 Å². The summed E-state index contributed by atoms with van der Waals surface area (Å²) in [7, 11) is -0.0555. The summed E-state index contributed by atoms with van der Waals surface area (Å²) in [5.41, 5.74) is 0.243. The van der Waals surface area contributed by atoms with Crippen LogP contribution in [0.1, 0.15) is 10.4 Å². The van der Waals surface area contributed by atoms with Crippen LogP contribution in [0.15, 0.2) is 29.2 Å². The lowest BCUT2D eigenvalue weighted by atomic mass is 10.2. The monoisotopic (exact) mass is 330 g/mol. The molecule has 1 amide bonds. The zero-order valence-electron chi connectivity index (χ0n) is 11.1. The Kier molecular flexibility index (Phi) is 4.36. The Balaban J connectivity index is 2.12. The van der Waals surface area contributed by atoms with Crippen LogP contribution in [-0.4, -0.2) is 54.2 Å². The highest BCUT2D eigenvalue weighted by atomic mass is 32.2. The molecule has 0 bridgehead atoms. The van der Waals surface area contributed by atoms with E-state index >= 15 is 0 Å². The molecule has 20 heavy (non-hydrogen) atoms. The average molecular weight is 330 g/mol. The second kappa shape index (κ2) is 5.71. The molecule has 0 aromatic heterocycles. The largest absolute Gasteiger partial charge is 0.364 e. The minimum Gasteiger partial charge on any atom is -0.364 e. The first kappa shape index (κ1) is 15.3. The molecular formula is C12H14N2O3S3. The van der Waals surface area contributed by atoms with Crippen LogP contribution in [0.3, 0.4) is 0 Å². The van der Waals surface area contributed by atoms with E-state index in [9.17, 15) is 13.2 Å². The Hall–Kier alpha value is -1.12. The van der Waals surface area contributed by atoms with Crippen LogP contribution < -0.4 is 0 Å². The molecule has 0 fully saturated rings. The number of sulfonamides is 1. The maximum absolute atomic E-state index is 12.3. The Morgan fingerprint density at radius 1 is 1.35 bits per heavy atom. The van der Waals surface area contributed by atoms with Gasteiger partial charge in [0.15, 0.2) is 0 Å². The lowest BCUT2D eigenvalue weighted by molar-refractivity contribution is 0.0876. The summed E-state index contributed by atoms with van der Waals surface area (Å²) in [4.78, 5) is 14.0. The molecule has 1 aromatic carbocycles. The smallest absolute Gasteiger partial charge is 0.269 e. The van der Waals surface area contributed by atoms with E-state index < -0.39 is 15.9 Å². The Morgan fingerprint density at radius 3 is 2.60 bits per heavy atom. The Bertz CT molecular complexity index is 656. The van der Waals surface area contributed by atoms with E-state index in [1.807, 2.05) is 14.1 Å². The third kappa shape index (κ3) is 2.68. The summed E-state index contributed by atoms with van der Waals surface area (Å²) in [5.74, 6) is -0.0207. The fraction of sp³-hybridized carbons (Fsp3) is 0.333. The number of rotatable bonds is 3. The lowest BCUT2D eigenvalue weighted by Crippen LogP contribution is -2.32. The van der Waals surface area contributed by atoms with E-state index in [0.29, 0.717) is 10.1 Å². The van der Waals surface area contributed by atoms with E-state index in [2.05, 4.69) is 0 Å². The van der Waals surface area contributed by atoms with Gasteiger partial charge in [0.1, 0.15) is 9.22 Å². The first-order chi connectivity index (χ1) is 9.35. The molecule has 0 aliphatic carbocycles. The summed E-state index contributed by atoms with van der Waals surface area (Å²) in [6, 6.07) is 6.27. The molecule has 0 spiro atoms. The molecule has 1 heterocycles. The normalized spacial score (nSPS) is 16.1. The topological polar surface area (TPSA) is 57.7 Å². The van der Waals surface area contributed by atoms with Gasteiger partial charge in [-0.3, -0.25) is 4.79 Å². The van der Waals surface area contributed by atoms with Crippen LogP contribution in [-0.2, 0) is 10.0 Å². The van der Waals surface area contributed by atoms with Crippen LogP contribution in [0, 0.1) is 0 Å². The summed E-state index contributed by atoms with van der Waals surface area (Å²) in [6.07, 6.45) is 0. The molecular weight excluding hydrogens is 316 g/mol. The van der Waals surface area contributed by atoms with E-state index in [-0.39, 0.29) is 17.0 Å². The number of fused-ring (bicyclic) bond motifs is 1. The van der Waals surface area contributed by atoms with Crippen LogP contribution in [0.25, 0.3) is 0 Å². The second-order valence-electron chi connectivity index (χ2n) is 4.39. The highest BCUT2D eigenvalue weighted by molar-refractivity contribution is 8.22. The number of carbonyl (C=O) groups is 1. The van der Waals surface area contributed by atoms with Gasteiger partial charge in [0.25, 0.3) is 15.9 Å². The molecule has 2 rings (SSSR count). The van der Waals surface area contributed by atoms with Gasteiger partial charge in [-0.25, -0.2) is 12.7 Å². The van der Waals surface area contributed by atoms with Gasteiger partial charge in [0.2, 0.25) is 0 Å². The summed E-state index contributed by atoms with van der Waals surface area (Å²) < 4.78 is 26.1. The van der Waals surface area contributed by atoms with Gasteiger partial charge in [-0.15, -0.1) is 0 Å². The number of thioether (sulfide) groups is 1. The van der Waals surface area contributed by atoms with Crippen molar-refractivity contribution in [2.45, 2.75) is 4.90 Å². The van der Waals surface area contributed by atoms with Gasteiger partial charge >= 0.3 is 0 Å². The van der Waals surface area contributed by atoms with Gasteiger partial charge in [-0.2, -0.15) is 0 Å². The summed E-state index contributed by atoms with van der Waals surface area (Å²) >= 11 is 6.46. The van der Waals surface area contributed by atoms with Crippen LogP contribution in [0.4, 0.5) is 0 Å². The quantitative estimate of drug-likeness (QED) is 0.781. The van der Waals surface area contributed by atoms with Crippen molar-refractivity contribution in [3.8, 4) is 0 Å². The first-order valence-electron chi connectivity index (χ1n) is 5.86. The minimum absolute atomic E-state index is 0.0881. The number of thiocarbonyl (C=S) groups is 1. The molecule has 0 saturated heterocycles. The molecule has 5 nitrogen and oxygen atoms in total. The standard InChI is InChI=1S/C12H14N2O3S3/c1-13(2)12(18)19-8-7-14-11(15)9-5-3-4-6-10(9)20(14,16)17/h3-6H,7-8H2,1-2H3. The van der Waals surface area contributed by atoms with Crippen molar-refractivity contribution >= 4 is 44.2 Å². The molecule has 0 N–H and O–H groups in total. The average Bonchev–Trinajstić information content (AvgIpc) is 2.60. The highest BCUT2D eigenvalue weighted by Crippen LogP contribution is 2.29. The fourth-order valence-electron chi connectivity index (χ4n) is 1.80. The molecule has 8 heteroatoms. The Morgan fingerprint density at radius 2 is 2.00 bits per heavy atom. The molecule has 0 radical (unpaired) electrons. The number of carbonyl (C=O) groups excluding carboxylic acids is 1. The lowest BCUT2D eigenvalue weighted by Gasteiger charge is -2.16. The minimum atomic E-state index is -3.70. The predicted octanol–water partition coefficient (Wildman–Crippen LogP) is 1.41. The molecule has 0 atom stereocenters. The van der Waals surface area contributed by atoms with E-state index in [0.717, 1.165) is 4.31 Å². The maximum Gasteiger partial charge on any atom is 0.269 e. The van der Waals surface area contributed by atoms with Crippen molar-refractivity contribution in [1.82, 2.24) is 9.21 Å². The summed E-state index contributed by atoms with van der Waals surface area (Å²) in [5, 5.41) is 0. The van der Waals surface area contributed by atoms with Gasteiger partial charge in [0, 0.05) is 26.4 Å². The molecule has 1 aromatic rings. The van der Waals surface area contributed by atoms with E-state index in [1.54, 1.807) is 17.0 Å². The summed E-state index contributed by atoms with van der Waals surface area (Å²) in [6.45, 7) is 0.120. The fourth-order valence-corrected chi connectivity index (χ4v) is 4.44. The predicted molar refractivity (Wildman–Crippen MR) is 83.4 cm³/mol. The van der Waals surface area contributed by atoms with Crippen molar-refractivity contribution in [3.63, 3.8) is 0 Å². The third-order valence-electron chi connectivity index (χ3n) is 2.80. The van der Waals surface area contributed by atoms with Crippen LogP contribution in [0.2, 0.25) is 0 Å². The van der Waals surface area contributed by atoms with Gasteiger partial charge in [-0.1, -0.05) is 36.1 Å². The van der Waals surface area contributed by atoms with Crippen molar-refractivity contribution in [2.24, 2.45) is 0 Å². The van der Waals surface area contributed by atoms with Crippen LogP contribution >= 0.6 is 24.0 Å². The molecule has 0 unspecified atom stereocenters. The maximum atomic E-state index is 12.3. The van der Waals surface area contributed by atoms with Crippen LogP contribution in [0.5, 0.6) is 0 Å². The zero-order chi connectivity index (χ0) is 14.9. The molecule has 1 aliphatic rings. The highest BCUT2D eigenvalue weighted by Gasteiger charge is 2.40. The number of benzene rings is 1. The van der Waals surface area contributed by atoms with E-state index in [4.69, 9.17) is 12.2 Å². The van der Waals surface area contributed by atoms with Gasteiger partial charge in [-0.05, 0) is 12.1 Å². The van der Waals surface area contributed by atoms with Gasteiger partial charge < -0.3 is 4.90 Å². The Labute approximate surface area is 128 Å². The first-order valence-corrected chi connectivity index (χ1v) is 8.69. The van der Waals surface area contributed by atoms with Crippen molar-refractivity contribution in [3.05, 3.63) is 29.8 Å². The second-order valence-corrected chi connectivity index (χ2v) is 7.95. The zero-order valence-corrected chi connectivity index (χ0v) is 13.5.